The van der Waals surface area contributed by atoms with E-state index in [4.69, 9.17) is 11.5 Å². The number of likely N-dealkylation sites (N-methyl/N-ethyl adjacent to an activating group) is 1. The van der Waals surface area contributed by atoms with Gasteiger partial charge in [0.1, 0.15) is 12.1 Å². The molecule has 0 heterocycles. The average Bonchev–Trinajstić information content (AvgIpc) is 2.73. The molecule has 14 heteroatoms. The summed E-state index contributed by atoms with van der Waals surface area (Å²) in [7, 11) is 1.31. The Bertz CT molecular complexity index is 627. The van der Waals surface area contributed by atoms with Gasteiger partial charge in [-0.25, -0.2) is 0 Å². The number of nitrogens with two attached hydrogens (primary N) is 2. The zero-order chi connectivity index (χ0) is 25.1. The summed E-state index contributed by atoms with van der Waals surface area (Å²) < 4.78 is 0. The van der Waals surface area contributed by atoms with Gasteiger partial charge in [-0.05, 0) is 19.9 Å². The molecule has 0 aliphatic heterocycles. The van der Waals surface area contributed by atoms with Crippen LogP contribution in [0.4, 0.5) is 0 Å². The minimum absolute atomic E-state index is 0.288. The van der Waals surface area contributed by atoms with Crippen LogP contribution in [-0.2, 0) is 28.8 Å². The fourth-order valence-electron chi connectivity index (χ4n) is 2.08. The Kier molecular flexibility index (Phi) is 17.9. The van der Waals surface area contributed by atoms with Gasteiger partial charge in [-0.3, -0.25) is 28.8 Å². The number of primary amides is 1. The van der Waals surface area contributed by atoms with Crippen LogP contribution >= 0.6 is 0 Å². The maximum Gasteiger partial charge on any atom is 0.245 e. The van der Waals surface area contributed by atoms with Gasteiger partial charge >= 0.3 is 0 Å². The SMILES string of the molecule is CCCCN.CNC(=O)C(CC(N)=O)NC(=O)CNC(=O)C(NC(=O)CNC=O)C(C)O. The monoisotopic (exact) mass is 461 g/mol. The number of carbonyl (C=O) groups excluding carboxylic acids is 6. The van der Waals surface area contributed by atoms with E-state index in [-0.39, 0.29) is 6.41 Å². The molecule has 0 aromatic rings. The van der Waals surface area contributed by atoms with Crippen molar-refractivity contribution in [3.8, 4) is 0 Å². The van der Waals surface area contributed by atoms with Crippen molar-refractivity contribution in [3.05, 3.63) is 0 Å². The summed E-state index contributed by atoms with van der Waals surface area (Å²) in [6.45, 7) is 3.23. The summed E-state index contributed by atoms with van der Waals surface area (Å²) >= 11 is 0. The first-order chi connectivity index (χ1) is 15.0. The lowest BCUT2D eigenvalue weighted by Crippen LogP contribution is -2.56. The van der Waals surface area contributed by atoms with Crippen LogP contribution in [0, 0.1) is 0 Å². The number of hydrogen-bond acceptors (Lipinski definition) is 8. The number of unbranched alkanes of at least 4 members (excludes halogenated alkanes) is 1. The molecular formula is C18H35N7O7. The molecule has 0 aromatic carbocycles. The fourth-order valence-corrected chi connectivity index (χ4v) is 2.08. The molecule has 10 N–H and O–H groups in total. The first-order valence-electron chi connectivity index (χ1n) is 9.95. The Labute approximate surface area is 186 Å². The third kappa shape index (κ3) is 15.6. The van der Waals surface area contributed by atoms with Crippen molar-refractivity contribution in [2.75, 3.05) is 26.7 Å². The van der Waals surface area contributed by atoms with Crippen molar-refractivity contribution in [2.45, 2.75) is 51.3 Å². The predicted molar refractivity (Wildman–Crippen MR) is 114 cm³/mol. The van der Waals surface area contributed by atoms with E-state index >= 15 is 0 Å². The predicted octanol–water partition coefficient (Wildman–Crippen LogP) is -4.43. The Morgan fingerprint density at radius 3 is 2.03 bits per heavy atom. The molecule has 184 valence electrons. The van der Waals surface area contributed by atoms with Gasteiger partial charge in [-0.15, -0.1) is 0 Å². The van der Waals surface area contributed by atoms with Gasteiger partial charge in [0.25, 0.3) is 0 Å². The summed E-state index contributed by atoms with van der Waals surface area (Å²) in [6, 6.07) is -2.59. The van der Waals surface area contributed by atoms with E-state index in [1.807, 2.05) is 0 Å². The van der Waals surface area contributed by atoms with Crippen LogP contribution in [0.15, 0.2) is 0 Å². The molecule has 0 spiro atoms. The Balaban J connectivity index is 0. The molecule has 0 saturated heterocycles. The van der Waals surface area contributed by atoms with Crippen LogP contribution in [0.3, 0.4) is 0 Å². The number of carbonyl (C=O) groups is 6. The fraction of sp³-hybridized carbons (Fsp3) is 0.667. The smallest absolute Gasteiger partial charge is 0.245 e. The van der Waals surface area contributed by atoms with Crippen LogP contribution in [0.2, 0.25) is 0 Å². The minimum Gasteiger partial charge on any atom is -0.391 e. The van der Waals surface area contributed by atoms with Crippen LogP contribution in [-0.4, -0.2) is 85.9 Å². The zero-order valence-electron chi connectivity index (χ0n) is 18.6. The maximum absolute atomic E-state index is 12.0. The molecule has 3 atom stereocenters. The van der Waals surface area contributed by atoms with Gasteiger partial charge in [0, 0.05) is 7.05 Å². The van der Waals surface area contributed by atoms with Crippen molar-refractivity contribution in [1.82, 2.24) is 26.6 Å². The van der Waals surface area contributed by atoms with Gasteiger partial charge in [-0.1, -0.05) is 13.3 Å². The lowest BCUT2D eigenvalue weighted by molar-refractivity contribution is -0.133. The molecule has 0 aliphatic carbocycles. The quantitative estimate of drug-likeness (QED) is 0.117. The summed E-state index contributed by atoms with van der Waals surface area (Å²) in [5.74, 6) is -3.85. The molecule has 0 aliphatic rings. The molecule has 0 bridgehead atoms. The minimum atomic E-state index is -1.38. The number of rotatable bonds is 14. The molecule has 6 amide bonds. The lowest BCUT2D eigenvalue weighted by atomic mass is 10.1. The molecule has 0 radical (unpaired) electrons. The van der Waals surface area contributed by atoms with Crippen LogP contribution in [0.5, 0.6) is 0 Å². The van der Waals surface area contributed by atoms with E-state index in [1.165, 1.54) is 26.8 Å². The Morgan fingerprint density at radius 2 is 1.62 bits per heavy atom. The van der Waals surface area contributed by atoms with Crippen LogP contribution in [0.1, 0.15) is 33.1 Å². The van der Waals surface area contributed by atoms with E-state index in [9.17, 15) is 33.9 Å². The molecule has 32 heavy (non-hydrogen) atoms. The molecule has 0 rings (SSSR count). The third-order valence-corrected chi connectivity index (χ3v) is 3.71. The first kappa shape index (κ1) is 30.9. The second-order valence-electron chi connectivity index (χ2n) is 6.55. The summed E-state index contributed by atoms with van der Waals surface area (Å²) in [4.78, 5) is 68.1. The molecular weight excluding hydrogens is 426 g/mol. The average molecular weight is 462 g/mol. The van der Waals surface area contributed by atoms with E-state index in [0.717, 1.165) is 6.54 Å². The number of aliphatic hydroxyl groups is 1. The normalized spacial score (nSPS) is 12.5. The topological polar surface area (TPSA) is 235 Å². The number of aliphatic hydroxyl groups excluding tert-OH is 1. The first-order valence-corrected chi connectivity index (χ1v) is 9.95. The standard InChI is InChI=1S/C14H24N6O7.C4H11N/c1-7(22)12(20-10(24)4-17-6-21)14(27)18-5-11(25)19-8(3-9(15)23)13(26)16-2;1-2-3-4-5/h6-8,12,22H,3-5H2,1-2H3,(H2,15,23)(H,16,26)(H,17,21)(H,18,27)(H,19,25)(H,20,24);2-5H2,1H3. The van der Waals surface area contributed by atoms with Crippen molar-refractivity contribution < 1.29 is 33.9 Å². The summed E-state index contributed by atoms with van der Waals surface area (Å²) in [5, 5.41) is 20.5. The van der Waals surface area contributed by atoms with Crippen LogP contribution < -0.4 is 38.1 Å². The molecule has 3 unspecified atom stereocenters. The maximum atomic E-state index is 12.0. The summed E-state index contributed by atoms with van der Waals surface area (Å²) in [5.41, 5.74) is 10.1. The Hall–Kier alpha value is -3.26. The van der Waals surface area contributed by atoms with Gasteiger partial charge in [0.05, 0.1) is 25.6 Å². The van der Waals surface area contributed by atoms with Gasteiger partial charge in [-0.2, -0.15) is 0 Å². The van der Waals surface area contributed by atoms with Crippen molar-refractivity contribution in [2.24, 2.45) is 11.5 Å². The Morgan fingerprint density at radius 1 is 1.03 bits per heavy atom. The van der Waals surface area contributed by atoms with Crippen molar-refractivity contribution >= 4 is 35.9 Å². The van der Waals surface area contributed by atoms with E-state index < -0.39 is 67.2 Å². The van der Waals surface area contributed by atoms with E-state index in [2.05, 4.69) is 33.5 Å². The second-order valence-corrected chi connectivity index (χ2v) is 6.55. The highest BCUT2D eigenvalue weighted by molar-refractivity contribution is 5.94. The highest BCUT2D eigenvalue weighted by atomic mass is 16.3. The lowest BCUT2D eigenvalue weighted by Gasteiger charge is -2.21. The van der Waals surface area contributed by atoms with Crippen LogP contribution in [0.25, 0.3) is 0 Å². The summed E-state index contributed by atoms with van der Waals surface area (Å²) in [6.07, 6.45) is 0.948. The number of nitrogens with one attached hydrogen (secondary N) is 5. The van der Waals surface area contributed by atoms with Crippen molar-refractivity contribution in [1.29, 1.82) is 0 Å². The van der Waals surface area contributed by atoms with Gasteiger partial charge in [0.15, 0.2) is 0 Å². The number of hydrogen-bond donors (Lipinski definition) is 8. The van der Waals surface area contributed by atoms with E-state index in [0.29, 0.717) is 0 Å². The zero-order valence-corrected chi connectivity index (χ0v) is 18.6. The van der Waals surface area contributed by atoms with E-state index in [1.54, 1.807) is 0 Å². The third-order valence-electron chi connectivity index (χ3n) is 3.71. The molecule has 14 nitrogen and oxygen atoms in total. The van der Waals surface area contributed by atoms with Gasteiger partial charge < -0.3 is 43.2 Å². The molecule has 0 saturated carbocycles. The molecule has 0 fully saturated rings. The highest BCUT2D eigenvalue weighted by Crippen LogP contribution is 1.94. The van der Waals surface area contributed by atoms with Crippen molar-refractivity contribution in [3.63, 3.8) is 0 Å². The highest BCUT2D eigenvalue weighted by Gasteiger charge is 2.27. The second kappa shape index (κ2) is 18.5. The number of amides is 6. The molecule has 0 aromatic heterocycles. The van der Waals surface area contributed by atoms with Gasteiger partial charge in [0.2, 0.25) is 35.9 Å². The largest absolute Gasteiger partial charge is 0.391 e.